The third kappa shape index (κ3) is 3.37. The van der Waals surface area contributed by atoms with E-state index in [0.29, 0.717) is 11.4 Å². The van der Waals surface area contributed by atoms with Crippen LogP contribution < -0.4 is 16.5 Å². The zero-order valence-corrected chi connectivity index (χ0v) is 15.2. The van der Waals surface area contributed by atoms with Crippen molar-refractivity contribution in [3.8, 4) is 0 Å². The highest BCUT2D eigenvalue weighted by atomic mass is 16.1. The SMILES string of the molecule is Cc1ccc2[nH]c(C(=O)[NH+]=C(N)/C=C(\N)c3ccccc3C)c(C)c2c1. The molecule has 2 aromatic carbocycles. The summed E-state index contributed by atoms with van der Waals surface area (Å²) in [6, 6.07) is 13.8. The lowest BCUT2D eigenvalue weighted by atomic mass is 10.1. The number of hydrogen-bond donors (Lipinski definition) is 4. The van der Waals surface area contributed by atoms with E-state index in [-0.39, 0.29) is 11.7 Å². The standard InChI is InChI=1S/C21H22N4O/c1-12-8-9-18-16(10-12)14(3)20(24-18)21(26)25-19(23)11-17(22)15-7-5-4-6-13(15)2/h4-11,24H,22H2,1-3H3,(H2,23,25,26)/p+1/b17-11-. The number of aromatic nitrogens is 1. The summed E-state index contributed by atoms with van der Waals surface area (Å²) in [5, 5.41) is 1.03. The summed E-state index contributed by atoms with van der Waals surface area (Å²) < 4.78 is 0. The Morgan fingerprint density at radius 1 is 1.08 bits per heavy atom. The number of carbonyl (C=O) groups is 1. The summed E-state index contributed by atoms with van der Waals surface area (Å²) in [4.78, 5) is 18.5. The summed E-state index contributed by atoms with van der Waals surface area (Å²) in [6.07, 6.45) is 1.57. The highest BCUT2D eigenvalue weighted by Crippen LogP contribution is 2.22. The van der Waals surface area contributed by atoms with Gasteiger partial charge in [0, 0.05) is 22.2 Å². The van der Waals surface area contributed by atoms with Crippen molar-refractivity contribution in [1.29, 1.82) is 0 Å². The van der Waals surface area contributed by atoms with Crippen molar-refractivity contribution in [2.24, 2.45) is 11.5 Å². The summed E-state index contributed by atoms with van der Waals surface area (Å²) >= 11 is 0. The van der Waals surface area contributed by atoms with Crippen LogP contribution in [0.25, 0.3) is 16.6 Å². The number of carbonyl (C=O) groups excluding carboxylic acids is 1. The minimum Gasteiger partial charge on any atom is -0.398 e. The summed E-state index contributed by atoms with van der Waals surface area (Å²) in [6.45, 7) is 5.91. The van der Waals surface area contributed by atoms with Gasteiger partial charge in [0.2, 0.25) is 0 Å². The molecular formula is C21H23N4O+. The number of amides is 1. The number of amidine groups is 1. The molecule has 5 heteroatoms. The van der Waals surface area contributed by atoms with E-state index in [1.807, 2.05) is 57.2 Å². The fraction of sp³-hybridized carbons (Fsp3) is 0.143. The number of hydrogen-bond acceptors (Lipinski definition) is 2. The Morgan fingerprint density at radius 3 is 2.54 bits per heavy atom. The van der Waals surface area contributed by atoms with E-state index in [1.165, 1.54) is 0 Å². The first-order chi connectivity index (χ1) is 12.4. The molecule has 1 aromatic heterocycles. The lowest BCUT2D eigenvalue weighted by molar-refractivity contribution is -0.345. The number of benzene rings is 2. The van der Waals surface area contributed by atoms with Crippen molar-refractivity contribution in [3.05, 3.63) is 76.5 Å². The molecule has 0 bridgehead atoms. The van der Waals surface area contributed by atoms with Gasteiger partial charge in [-0.1, -0.05) is 35.9 Å². The van der Waals surface area contributed by atoms with Crippen molar-refractivity contribution in [3.63, 3.8) is 0 Å². The first-order valence-electron chi connectivity index (χ1n) is 8.42. The molecule has 26 heavy (non-hydrogen) atoms. The molecule has 1 amide bonds. The van der Waals surface area contributed by atoms with E-state index >= 15 is 0 Å². The molecule has 5 nitrogen and oxygen atoms in total. The molecule has 0 atom stereocenters. The minimum absolute atomic E-state index is 0.199. The monoisotopic (exact) mass is 347 g/mol. The van der Waals surface area contributed by atoms with Crippen molar-refractivity contribution in [2.45, 2.75) is 20.8 Å². The molecule has 0 spiro atoms. The molecule has 0 saturated heterocycles. The second-order valence-electron chi connectivity index (χ2n) is 6.50. The molecule has 0 aliphatic heterocycles. The van der Waals surface area contributed by atoms with Gasteiger partial charge < -0.3 is 10.7 Å². The normalized spacial score (nSPS) is 12.6. The van der Waals surface area contributed by atoms with Crippen LogP contribution in [0, 0.1) is 20.8 Å². The minimum atomic E-state index is -0.289. The van der Waals surface area contributed by atoms with Crippen LogP contribution >= 0.6 is 0 Å². The molecule has 0 aliphatic carbocycles. The average molecular weight is 347 g/mol. The van der Waals surface area contributed by atoms with Crippen molar-refractivity contribution in [1.82, 2.24) is 4.98 Å². The molecule has 0 unspecified atom stereocenters. The predicted molar refractivity (Wildman–Crippen MR) is 106 cm³/mol. The lowest BCUT2D eigenvalue weighted by Crippen LogP contribution is -2.79. The van der Waals surface area contributed by atoms with Gasteiger partial charge in [-0.15, -0.1) is 0 Å². The Morgan fingerprint density at radius 2 is 1.81 bits per heavy atom. The Kier molecular flexibility index (Phi) is 4.63. The number of aryl methyl sites for hydroxylation is 3. The summed E-state index contributed by atoms with van der Waals surface area (Å²) in [5.74, 6) is -0.0901. The predicted octanol–water partition coefficient (Wildman–Crippen LogP) is 1.67. The van der Waals surface area contributed by atoms with Crippen molar-refractivity contribution in [2.75, 3.05) is 0 Å². The van der Waals surface area contributed by atoms with E-state index in [1.54, 1.807) is 6.08 Å². The molecule has 0 aliphatic rings. The topological polar surface area (TPSA) is 98.9 Å². The number of rotatable bonds is 3. The number of fused-ring (bicyclic) bond motifs is 1. The smallest absolute Gasteiger partial charge is 0.355 e. The van der Waals surface area contributed by atoms with Gasteiger partial charge in [0.05, 0.1) is 6.08 Å². The van der Waals surface area contributed by atoms with Crippen LogP contribution in [-0.4, -0.2) is 16.7 Å². The highest BCUT2D eigenvalue weighted by Gasteiger charge is 2.17. The molecular weight excluding hydrogens is 324 g/mol. The Balaban J connectivity index is 1.92. The van der Waals surface area contributed by atoms with Gasteiger partial charge in [-0.05, 0) is 44.0 Å². The third-order valence-corrected chi connectivity index (χ3v) is 4.47. The highest BCUT2D eigenvalue weighted by molar-refractivity contribution is 6.01. The first-order valence-corrected chi connectivity index (χ1v) is 8.42. The maximum Gasteiger partial charge on any atom is 0.355 e. The Bertz CT molecular complexity index is 1060. The zero-order chi connectivity index (χ0) is 18.8. The van der Waals surface area contributed by atoms with Crippen molar-refractivity contribution >= 4 is 28.3 Å². The molecule has 0 radical (unpaired) electrons. The summed E-state index contributed by atoms with van der Waals surface area (Å²) in [5.41, 5.74) is 18.0. The molecule has 1 heterocycles. The molecule has 132 valence electrons. The largest absolute Gasteiger partial charge is 0.398 e. The number of H-pyrrole nitrogens is 1. The quantitative estimate of drug-likeness (QED) is 0.428. The van der Waals surface area contributed by atoms with Crippen molar-refractivity contribution < 1.29 is 9.79 Å². The molecule has 0 saturated carbocycles. The van der Waals surface area contributed by atoms with Crippen LogP contribution in [0.2, 0.25) is 0 Å². The lowest BCUT2D eigenvalue weighted by Gasteiger charge is -2.04. The van der Waals surface area contributed by atoms with Crippen LogP contribution in [0.5, 0.6) is 0 Å². The van der Waals surface area contributed by atoms with E-state index in [2.05, 4.69) is 16.0 Å². The number of aromatic amines is 1. The Labute approximate surface area is 152 Å². The maximum atomic E-state index is 12.6. The fourth-order valence-corrected chi connectivity index (χ4v) is 3.04. The van der Waals surface area contributed by atoms with Gasteiger partial charge >= 0.3 is 5.91 Å². The van der Waals surface area contributed by atoms with E-state index in [9.17, 15) is 4.79 Å². The number of nitrogens with two attached hydrogens (primary N) is 2. The fourth-order valence-electron chi connectivity index (χ4n) is 3.04. The Hall–Kier alpha value is -3.34. The molecule has 6 N–H and O–H groups in total. The second kappa shape index (κ2) is 6.88. The van der Waals surface area contributed by atoms with E-state index in [0.717, 1.165) is 33.2 Å². The zero-order valence-electron chi connectivity index (χ0n) is 15.2. The third-order valence-electron chi connectivity index (χ3n) is 4.47. The van der Waals surface area contributed by atoms with Gasteiger partial charge in [0.1, 0.15) is 5.69 Å². The van der Waals surface area contributed by atoms with Gasteiger partial charge in [0.15, 0.2) is 0 Å². The van der Waals surface area contributed by atoms with Gasteiger partial charge in [-0.25, -0.2) is 9.79 Å². The van der Waals surface area contributed by atoms with Gasteiger partial charge in [-0.2, -0.15) is 0 Å². The van der Waals surface area contributed by atoms with Gasteiger partial charge in [0.25, 0.3) is 5.84 Å². The first kappa shape index (κ1) is 17.5. The van der Waals surface area contributed by atoms with E-state index < -0.39 is 0 Å². The van der Waals surface area contributed by atoms with Crippen LogP contribution in [0.4, 0.5) is 0 Å². The second-order valence-corrected chi connectivity index (χ2v) is 6.50. The molecule has 3 aromatic rings. The summed E-state index contributed by atoms with van der Waals surface area (Å²) in [7, 11) is 0. The molecule has 3 rings (SSSR count). The van der Waals surface area contributed by atoms with Crippen LogP contribution in [0.3, 0.4) is 0 Å². The van der Waals surface area contributed by atoms with Crippen LogP contribution in [0.1, 0.15) is 32.7 Å². The molecule has 0 fully saturated rings. The maximum absolute atomic E-state index is 12.6. The van der Waals surface area contributed by atoms with E-state index in [4.69, 9.17) is 11.5 Å². The average Bonchev–Trinajstić information content (AvgIpc) is 2.91. The van der Waals surface area contributed by atoms with Crippen LogP contribution in [-0.2, 0) is 0 Å². The number of nitrogens with one attached hydrogen (secondary N) is 2. The van der Waals surface area contributed by atoms with Gasteiger partial charge in [-0.3, -0.25) is 5.73 Å². The van der Waals surface area contributed by atoms with Crippen LogP contribution in [0.15, 0.2) is 48.5 Å².